The van der Waals surface area contributed by atoms with Gasteiger partial charge in [0, 0.05) is 21.9 Å². The zero-order chi connectivity index (χ0) is 14.8. The van der Waals surface area contributed by atoms with Gasteiger partial charge in [0.05, 0.1) is 4.90 Å². The van der Waals surface area contributed by atoms with Crippen LogP contribution in [-0.4, -0.2) is 14.3 Å². The molecule has 0 aromatic heterocycles. The molecule has 0 saturated carbocycles. The second-order valence-electron chi connectivity index (χ2n) is 4.23. The average Bonchev–Trinajstić information content (AvgIpc) is 2.38. The van der Waals surface area contributed by atoms with Gasteiger partial charge in [0.2, 0.25) is 0 Å². The van der Waals surface area contributed by atoms with Crippen LogP contribution in [0.15, 0.2) is 53.4 Å². The maximum atomic E-state index is 12.1. The lowest BCUT2D eigenvalue weighted by atomic mass is 10.1. The Morgan fingerprint density at radius 2 is 1.75 bits per heavy atom. The zero-order valence-electron chi connectivity index (χ0n) is 10.6. The van der Waals surface area contributed by atoms with Crippen molar-refractivity contribution in [2.24, 2.45) is 0 Å². The summed E-state index contributed by atoms with van der Waals surface area (Å²) in [5, 5.41) is 2.74. The standard InChI is InChI=1S/C14H12ClNO3S/c1-10-9-12(20(15,18)19)7-8-13(10)14(17)16-11-5-3-2-4-6-11/h2-9H,1H3,(H,16,17). The lowest BCUT2D eigenvalue weighted by Crippen LogP contribution is -2.13. The van der Waals surface area contributed by atoms with Crippen molar-refractivity contribution in [1.29, 1.82) is 0 Å². The monoisotopic (exact) mass is 309 g/mol. The average molecular weight is 310 g/mol. The first kappa shape index (κ1) is 14.6. The Hall–Kier alpha value is -1.85. The van der Waals surface area contributed by atoms with Gasteiger partial charge in [-0.3, -0.25) is 4.79 Å². The molecule has 20 heavy (non-hydrogen) atoms. The van der Waals surface area contributed by atoms with Crippen LogP contribution in [0.3, 0.4) is 0 Å². The van der Waals surface area contributed by atoms with Gasteiger partial charge >= 0.3 is 0 Å². The maximum absolute atomic E-state index is 12.1. The fourth-order valence-electron chi connectivity index (χ4n) is 1.76. The van der Waals surface area contributed by atoms with Gasteiger partial charge in [0.25, 0.3) is 15.0 Å². The number of aryl methyl sites for hydroxylation is 1. The molecule has 0 heterocycles. The van der Waals surface area contributed by atoms with Crippen LogP contribution in [0.4, 0.5) is 5.69 Å². The molecule has 0 atom stereocenters. The van der Waals surface area contributed by atoms with Gasteiger partial charge in [-0.2, -0.15) is 0 Å². The summed E-state index contributed by atoms with van der Waals surface area (Å²) in [7, 11) is 1.48. The molecule has 6 heteroatoms. The summed E-state index contributed by atoms with van der Waals surface area (Å²) < 4.78 is 22.4. The number of hydrogen-bond acceptors (Lipinski definition) is 3. The highest BCUT2D eigenvalue weighted by Crippen LogP contribution is 2.20. The van der Waals surface area contributed by atoms with E-state index in [1.165, 1.54) is 18.2 Å². The van der Waals surface area contributed by atoms with Crippen LogP contribution < -0.4 is 5.32 Å². The van der Waals surface area contributed by atoms with Crippen LogP contribution in [-0.2, 0) is 9.05 Å². The molecule has 1 amide bonds. The second-order valence-corrected chi connectivity index (χ2v) is 6.80. The first-order valence-electron chi connectivity index (χ1n) is 5.79. The third kappa shape index (κ3) is 3.37. The van der Waals surface area contributed by atoms with Crippen LogP contribution in [0.2, 0.25) is 0 Å². The molecule has 104 valence electrons. The molecule has 0 radical (unpaired) electrons. The Balaban J connectivity index is 2.28. The van der Waals surface area contributed by atoms with Crippen molar-refractivity contribution in [3.63, 3.8) is 0 Å². The quantitative estimate of drug-likeness (QED) is 0.886. The van der Waals surface area contributed by atoms with Gasteiger partial charge < -0.3 is 5.32 Å². The highest BCUT2D eigenvalue weighted by atomic mass is 35.7. The van der Waals surface area contributed by atoms with E-state index in [-0.39, 0.29) is 10.8 Å². The molecule has 0 saturated heterocycles. The van der Waals surface area contributed by atoms with E-state index in [2.05, 4.69) is 5.32 Å². The Morgan fingerprint density at radius 3 is 2.30 bits per heavy atom. The molecule has 0 aliphatic heterocycles. The molecule has 0 fully saturated rings. The number of anilines is 1. The van der Waals surface area contributed by atoms with Gasteiger partial charge in [0.15, 0.2) is 0 Å². The highest BCUT2D eigenvalue weighted by Gasteiger charge is 2.14. The first-order valence-corrected chi connectivity index (χ1v) is 8.10. The van der Waals surface area contributed by atoms with Crippen LogP contribution in [0.5, 0.6) is 0 Å². The van der Waals surface area contributed by atoms with Crippen molar-refractivity contribution in [2.75, 3.05) is 5.32 Å². The van der Waals surface area contributed by atoms with E-state index in [0.29, 0.717) is 16.8 Å². The lowest BCUT2D eigenvalue weighted by Gasteiger charge is -2.08. The molecule has 0 aliphatic rings. The highest BCUT2D eigenvalue weighted by molar-refractivity contribution is 8.13. The van der Waals surface area contributed by atoms with Gasteiger partial charge in [-0.15, -0.1) is 0 Å². The number of carbonyl (C=O) groups excluding carboxylic acids is 1. The molecule has 4 nitrogen and oxygen atoms in total. The molecule has 2 rings (SSSR count). The number of benzene rings is 2. The van der Waals surface area contributed by atoms with Crippen molar-refractivity contribution in [1.82, 2.24) is 0 Å². The van der Waals surface area contributed by atoms with Crippen molar-refractivity contribution in [2.45, 2.75) is 11.8 Å². The molecule has 0 aliphatic carbocycles. The van der Waals surface area contributed by atoms with E-state index >= 15 is 0 Å². The molecule has 1 N–H and O–H groups in total. The van der Waals surface area contributed by atoms with Gasteiger partial charge in [-0.1, -0.05) is 18.2 Å². The molecule has 0 bridgehead atoms. The maximum Gasteiger partial charge on any atom is 0.261 e. The van der Waals surface area contributed by atoms with Crippen LogP contribution in [0.25, 0.3) is 0 Å². The fourth-order valence-corrected chi connectivity index (χ4v) is 2.60. The summed E-state index contributed by atoms with van der Waals surface area (Å²) in [5.74, 6) is -0.299. The number of halogens is 1. The van der Waals surface area contributed by atoms with E-state index in [1.807, 2.05) is 18.2 Å². The molecule has 2 aromatic carbocycles. The van der Waals surface area contributed by atoms with E-state index in [1.54, 1.807) is 19.1 Å². The third-order valence-electron chi connectivity index (χ3n) is 2.76. The first-order chi connectivity index (χ1) is 9.38. The fraction of sp³-hybridized carbons (Fsp3) is 0.0714. The molecular formula is C14H12ClNO3S. The van der Waals surface area contributed by atoms with E-state index < -0.39 is 9.05 Å². The van der Waals surface area contributed by atoms with Crippen LogP contribution in [0, 0.1) is 6.92 Å². The largest absolute Gasteiger partial charge is 0.322 e. The minimum atomic E-state index is -3.79. The summed E-state index contributed by atoms with van der Waals surface area (Å²) in [6.07, 6.45) is 0. The Kier molecular flexibility index (Phi) is 4.11. The number of amides is 1. The predicted molar refractivity (Wildman–Crippen MR) is 78.6 cm³/mol. The van der Waals surface area contributed by atoms with E-state index in [4.69, 9.17) is 10.7 Å². The normalized spacial score (nSPS) is 11.1. The molecule has 0 unspecified atom stereocenters. The summed E-state index contributed by atoms with van der Waals surface area (Å²) in [6, 6.07) is 13.1. The number of hydrogen-bond donors (Lipinski definition) is 1. The molecule has 0 spiro atoms. The smallest absolute Gasteiger partial charge is 0.261 e. The number of nitrogens with one attached hydrogen (secondary N) is 1. The van der Waals surface area contributed by atoms with E-state index in [0.717, 1.165) is 0 Å². The Bertz CT molecular complexity index is 742. The number of para-hydroxylation sites is 1. The Labute approximate surface area is 121 Å². The second kappa shape index (κ2) is 5.64. The summed E-state index contributed by atoms with van der Waals surface area (Å²) in [5.41, 5.74) is 1.61. The van der Waals surface area contributed by atoms with Crippen molar-refractivity contribution >= 4 is 31.3 Å². The van der Waals surface area contributed by atoms with Crippen LogP contribution >= 0.6 is 10.7 Å². The third-order valence-corrected chi connectivity index (χ3v) is 4.11. The van der Waals surface area contributed by atoms with Gasteiger partial charge in [0.1, 0.15) is 0 Å². The minimum Gasteiger partial charge on any atom is -0.322 e. The van der Waals surface area contributed by atoms with Crippen molar-refractivity contribution < 1.29 is 13.2 Å². The Morgan fingerprint density at radius 1 is 1.10 bits per heavy atom. The predicted octanol–water partition coefficient (Wildman–Crippen LogP) is 3.17. The lowest BCUT2D eigenvalue weighted by molar-refractivity contribution is 0.102. The van der Waals surface area contributed by atoms with E-state index in [9.17, 15) is 13.2 Å². The summed E-state index contributed by atoms with van der Waals surface area (Å²) in [6.45, 7) is 1.66. The van der Waals surface area contributed by atoms with Gasteiger partial charge in [-0.05, 0) is 42.8 Å². The summed E-state index contributed by atoms with van der Waals surface area (Å²) >= 11 is 0. The summed E-state index contributed by atoms with van der Waals surface area (Å²) in [4.78, 5) is 12.1. The SMILES string of the molecule is Cc1cc(S(=O)(=O)Cl)ccc1C(=O)Nc1ccccc1. The number of rotatable bonds is 3. The van der Waals surface area contributed by atoms with Gasteiger partial charge in [-0.25, -0.2) is 8.42 Å². The topological polar surface area (TPSA) is 63.2 Å². The van der Waals surface area contributed by atoms with Crippen LogP contribution in [0.1, 0.15) is 15.9 Å². The zero-order valence-corrected chi connectivity index (χ0v) is 12.2. The molecule has 2 aromatic rings. The van der Waals surface area contributed by atoms with Crippen molar-refractivity contribution in [3.8, 4) is 0 Å². The number of carbonyl (C=O) groups is 1. The van der Waals surface area contributed by atoms with Crippen molar-refractivity contribution in [3.05, 3.63) is 59.7 Å². The molecular weight excluding hydrogens is 298 g/mol. The minimum absolute atomic E-state index is 0.0204.